The first-order chi connectivity index (χ1) is 3.93. The van der Waals surface area contributed by atoms with E-state index in [9.17, 15) is 0 Å². The minimum atomic E-state index is 0. The summed E-state index contributed by atoms with van der Waals surface area (Å²) in [7, 11) is 0. The van der Waals surface area contributed by atoms with Crippen LogP contribution >= 0.6 is 28.3 Å². The normalized spacial score (nSPS) is 8.11. The summed E-state index contributed by atoms with van der Waals surface area (Å²) >= 11 is 1.74. The van der Waals surface area contributed by atoms with Crippen molar-refractivity contribution in [1.29, 1.82) is 0 Å². The lowest BCUT2D eigenvalue weighted by Gasteiger charge is -1.93. The van der Waals surface area contributed by atoms with Gasteiger partial charge >= 0.3 is 0 Å². The van der Waals surface area contributed by atoms with E-state index < -0.39 is 0 Å². The fraction of sp³-hybridized carbons (Fsp3) is 0.333. The summed E-state index contributed by atoms with van der Waals surface area (Å²) in [6.07, 6.45) is 0. The summed E-state index contributed by atoms with van der Waals surface area (Å²) in [6.45, 7) is 3.11. The molecular formula is C6H10BrNS. The van der Waals surface area contributed by atoms with Crippen molar-refractivity contribution in [2.45, 2.75) is 6.92 Å². The van der Waals surface area contributed by atoms with Crippen molar-refractivity contribution in [3.8, 4) is 0 Å². The van der Waals surface area contributed by atoms with Gasteiger partial charge in [0.1, 0.15) is 0 Å². The Hall–Kier alpha value is -0.0200. The largest absolute Gasteiger partial charge is 0.377 e. The van der Waals surface area contributed by atoms with Crippen LogP contribution in [0.5, 0.6) is 0 Å². The van der Waals surface area contributed by atoms with E-state index in [1.165, 1.54) is 5.00 Å². The van der Waals surface area contributed by atoms with Gasteiger partial charge in [-0.3, -0.25) is 0 Å². The summed E-state index contributed by atoms with van der Waals surface area (Å²) in [5, 5.41) is 6.53. The molecule has 0 aromatic carbocycles. The molecule has 0 radical (unpaired) electrons. The van der Waals surface area contributed by atoms with Crippen molar-refractivity contribution >= 4 is 33.3 Å². The minimum Gasteiger partial charge on any atom is -0.377 e. The highest BCUT2D eigenvalue weighted by atomic mass is 79.9. The fourth-order valence-corrected chi connectivity index (χ4v) is 1.24. The zero-order valence-electron chi connectivity index (χ0n) is 5.26. The van der Waals surface area contributed by atoms with Gasteiger partial charge in [-0.05, 0) is 24.4 Å². The Morgan fingerprint density at radius 3 is 2.89 bits per heavy atom. The second-order valence-corrected chi connectivity index (χ2v) is 2.46. The van der Waals surface area contributed by atoms with Gasteiger partial charge in [0.2, 0.25) is 0 Å². The monoisotopic (exact) mass is 207 g/mol. The van der Waals surface area contributed by atoms with Gasteiger partial charge in [0.25, 0.3) is 0 Å². The molecule has 0 aliphatic rings. The van der Waals surface area contributed by atoms with Crippen molar-refractivity contribution in [1.82, 2.24) is 0 Å². The molecule has 1 rings (SSSR count). The molecule has 1 aromatic heterocycles. The molecule has 0 saturated carbocycles. The molecule has 0 bridgehead atoms. The van der Waals surface area contributed by atoms with E-state index in [-0.39, 0.29) is 17.0 Å². The van der Waals surface area contributed by atoms with E-state index in [1.54, 1.807) is 11.3 Å². The van der Waals surface area contributed by atoms with Crippen LogP contribution in [-0.4, -0.2) is 6.54 Å². The maximum Gasteiger partial charge on any atom is 0.0882 e. The third-order valence-electron chi connectivity index (χ3n) is 0.872. The molecule has 0 atom stereocenters. The highest BCUT2D eigenvalue weighted by Crippen LogP contribution is 2.13. The highest BCUT2D eigenvalue weighted by molar-refractivity contribution is 8.93. The predicted octanol–water partition coefficient (Wildman–Crippen LogP) is 2.76. The Morgan fingerprint density at radius 2 is 2.44 bits per heavy atom. The fourth-order valence-electron chi connectivity index (χ4n) is 0.553. The van der Waals surface area contributed by atoms with Crippen LogP contribution in [0.15, 0.2) is 17.5 Å². The number of hydrogen-bond acceptors (Lipinski definition) is 2. The third-order valence-corrected chi connectivity index (χ3v) is 1.70. The number of halogens is 1. The van der Waals surface area contributed by atoms with Gasteiger partial charge in [-0.15, -0.1) is 28.3 Å². The van der Waals surface area contributed by atoms with Crippen LogP contribution in [0.25, 0.3) is 0 Å². The van der Waals surface area contributed by atoms with Gasteiger partial charge in [0.05, 0.1) is 5.00 Å². The average Bonchev–Trinajstić information content (AvgIpc) is 2.19. The Bertz CT molecular complexity index is 139. The average molecular weight is 208 g/mol. The van der Waals surface area contributed by atoms with Gasteiger partial charge in [-0.1, -0.05) is 0 Å². The zero-order valence-corrected chi connectivity index (χ0v) is 7.79. The smallest absolute Gasteiger partial charge is 0.0882 e. The molecule has 52 valence electrons. The first-order valence-corrected chi connectivity index (χ1v) is 3.59. The summed E-state index contributed by atoms with van der Waals surface area (Å²) in [4.78, 5) is 0. The molecule has 0 amide bonds. The van der Waals surface area contributed by atoms with Crippen LogP contribution in [0.3, 0.4) is 0 Å². The number of rotatable bonds is 2. The summed E-state index contributed by atoms with van der Waals surface area (Å²) in [6, 6.07) is 4.12. The molecule has 0 aliphatic heterocycles. The van der Waals surface area contributed by atoms with Crippen LogP contribution in [0, 0.1) is 0 Å². The van der Waals surface area contributed by atoms with Crippen molar-refractivity contribution in [2.24, 2.45) is 0 Å². The van der Waals surface area contributed by atoms with Gasteiger partial charge < -0.3 is 5.32 Å². The molecule has 0 spiro atoms. The van der Waals surface area contributed by atoms with Crippen molar-refractivity contribution in [3.05, 3.63) is 17.5 Å². The Kier molecular flexibility index (Phi) is 4.81. The molecule has 3 heteroatoms. The van der Waals surface area contributed by atoms with Crippen LogP contribution < -0.4 is 5.32 Å². The maximum absolute atomic E-state index is 3.21. The molecule has 1 nitrogen and oxygen atoms in total. The van der Waals surface area contributed by atoms with Crippen LogP contribution in [-0.2, 0) is 0 Å². The van der Waals surface area contributed by atoms with Crippen molar-refractivity contribution in [2.75, 3.05) is 11.9 Å². The van der Waals surface area contributed by atoms with Gasteiger partial charge in [0, 0.05) is 6.54 Å². The van der Waals surface area contributed by atoms with Crippen molar-refractivity contribution in [3.63, 3.8) is 0 Å². The Morgan fingerprint density at radius 1 is 1.67 bits per heavy atom. The van der Waals surface area contributed by atoms with Gasteiger partial charge in [-0.25, -0.2) is 0 Å². The number of hydrogen-bond donors (Lipinski definition) is 1. The van der Waals surface area contributed by atoms with E-state index in [1.807, 2.05) is 6.07 Å². The second-order valence-electron chi connectivity index (χ2n) is 1.51. The molecule has 1 N–H and O–H groups in total. The molecule has 0 fully saturated rings. The molecule has 1 heterocycles. The number of thiophene rings is 1. The lowest BCUT2D eigenvalue weighted by atomic mass is 10.6. The lowest BCUT2D eigenvalue weighted by Crippen LogP contribution is -1.91. The second kappa shape index (κ2) is 4.82. The zero-order chi connectivity index (χ0) is 5.82. The molecule has 1 aromatic rings. The van der Waals surface area contributed by atoms with Crippen molar-refractivity contribution < 1.29 is 0 Å². The quantitative estimate of drug-likeness (QED) is 0.787. The maximum atomic E-state index is 3.21. The summed E-state index contributed by atoms with van der Waals surface area (Å²) in [5.74, 6) is 0. The number of anilines is 1. The first-order valence-electron chi connectivity index (χ1n) is 2.71. The lowest BCUT2D eigenvalue weighted by molar-refractivity contribution is 1.23. The molecule has 0 unspecified atom stereocenters. The Labute approximate surface area is 69.9 Å². The number of nitrogens with one attached hydrogen (secondary N) is 1. The van der Waals surface area contributed by atoms with E-state index in [2.05, 4.69) is 23.7 Å². The SMILES string of the molecule is Br.CCNc1cccs1. The van der Waals surface area contributed by atoms with Crippen LogP contribution in [0.2, 0.25) is 0 Å². The topological polar surface area (TPSA) is 12.0 Å². The predicted molar refractivity (Wildman–Crippen MR) is 48.8 cm³/mol. The highest BCUT2D eigenvalue weighted by Gasteiger charge is 1.84. The Balaban J connectivity index is 0.000000640. The third kappa shape index (κ3) is 2.87. The van der Waals surface area contributed by atoms with Crippen LogP contribution in [0.1, 0.15) is 6.92 Å². The first kappa shape index (κ1) is 8.98. The molecular weight excluding hydrogens is 198 g/mol. The van der Waals surface area contributed by atoms with E-state index in [4.69, 9.17) is 0 Å². The van der Waals surface area contributed by atoms with E-state index in [0.29, 0.717) is 0 Å². The van der Waals surface area contributed by atoms with E-state index in [0.717, 1.165) is 6.54 Å². The summed E-state index contributed by atoms with van der Waals surface area (Å²) in [5.41, 5.74) is 0. The molecule has 9 heavy (non-hydrogen) atoms. The molecule has 0 aliphatic carbocycles. The van der Waals surface area contributed by atoms with Gasteiger partial charge in [0.15, 0.2) is 0 Å². The van der Waals surface area contributed by atoms with Gasteiger partial charge in [-0.2, -0.15) is 0 Å². The molecule has 0 saturated heterocycles. The standard InChI is InChI=1S/C6H9NS.BrH/c1-2-7-6-4-3-5-8-6;/h3-5,7H,2H2,1H3;1H. The van der Waals surface area contributed by atoms with Crippen LogP contribution in [0.4, 0.5) is 5.00 Å². The minimum absolute atomic E-state index is 0. The van der Waals surface area contributed by atoms with E-state index >= 15 is 0 Å². The summed E-state index contributed by atoms with van der Waals surface area (Å²) < 4.78 is 0.